The fraction of sp³-hybridized carbons (Fsp3) is 0.500. The summed E-state index contributed by atoms with van der Waals surface area (Å²) in [6.07, 6.45) is 12.4. The number of nitrogens with zero attached hydrogens (tertiary/aromatic N) is 2. The molecule has 1 aromatic carbocycles. The van der Waals surface area contributed by atoms with E-state index in [4.69, 9.17) is 9.40 Å². The van der Waals surface area contributed by atoms with E-state index in [-0.39, 0.29) is 5.91 Å². The van der Waals surface area contributed by atoms with Gasteiger partial charge in [-0.3, -0.25) is 4.79 Å². The summed E-state index contributed by atoms with van der Waals surface area (Å²) in [4.78, 5) is 16.8. The van der Waals surface area contributed by atoms with Gasteiger partial charge in [0.2, 0.25) is 0 Å². The smallest absolute Gasteiger partial charge is 0.286 e. The van der Waals surface area contributed by atoms with Crippen LogP contribution in [0, 0.1) is 0 Å². The molecule has 0 aliphatic rings. The average Bonchev–Trinajstić information content (AvgIpc) is 3.39. The second-order valence-electron chi connectivity index (χ2n) is 7.63. The average molecular weight is 396 g/mol. The molecule has 3 rings (SSSR count). The number of benzene rings is 1. The van der Waals surface area contributed by atoms with Crippen molar-refractivity contribution < 1.29 is 9.21 Å². The normalized spacial score (nSPS) is 11.2. The van der Waals surface area contributed by atoms with E-state index >= 15 is 0 Å². The van der Waals surface area contributed by atoms with Crippen LogP contribution in [-0.4, -0.2) is 22.0 Å². The van der Waals surface area contributed by atoms with E-state index < -0.39 is 0 Å². The van der Waals surface area contributed by atoms with E-state index in [9.17, 15) is 4.79 Å². The summed E-state index contributed by atoms with van der Waals surface area (Å²) in [5.41, 5.74) is 2.28. The molecule has 0 aliphatic carbocycles. The van der Waals surface area contributed by atoms with Crippen LogP contribution < -0.4 is 5.32 Å². The molecule has 0 saturated carbocycles. The SMILES string of the molecule is CCCCCCCCCn1c(CCCNC(=O)c2ccco2)nc2ccccc21. The minimum absolute atomic E-state index is 0.161. The molecule has 1 amide bonds. The van der Waals surface area contributed by atoms with Gasteiger partial charge in [-0.05, 0) is 37.1 Å². The second-order valence-corrected chi connectivity index (χ2v) is 7.63. The predicted octanol–water partition coefficient (Wildman–Crippen LogP) is 5.74. The zero-order valence-corrected chi connectivity index (χ0v) is 17.5. The molecule has 0 unspecified atom stereocenters. The van der Waals surface area contributed by atoms with Gasteiger partial charge in [0.05, 0.1) is 17.3 Å². The summed E-state index contributed by atoms with van der Waals surface area (Å²) in [7, 11) is 0. The van der Waals surface area contributed by atoms with Gasteiger partial charge in [0.25, 0.3) is 5.91 Å². The van der Waals surface area contributed by atoms with Crippen LogP contribution in [0.4, 0.5) is 0 Å². The molecule has 0 spiro atoms. The minimum atomic E-state index is -0.161. The molecule has 156 valence electrons. The quantitative estimate of drug-likeness (QED) is 0.375. The lowest BCUT2D eigenvalue weighted by molar-refractivity contribution is 0.0925. The van der Waals surface area contributed by atoms with Gasteiger partial charge in [0.15, 0.2) is 5.76 Å². The molecule has 5 heteroatoms. The Balaban J connectivity index is 1.50. The zero-order chi connectivity index (χ0) is 20.3. The number of aryl methyl sites for hydroxylation is 2. The fourth-order valence-electron chi connectivity index (χ4n) is 3.74. The molecule has 0 bridgehead atoms. The van der Waals surface area contributed by atoms with Gasteiger partial charge < -0.3 is 14.3 Å². The van der Waals surface area contributed by atoms with Gasteiger partial charge in [0, 0.05) is 19.5 Å². The van der Waals surface area contributed by atoms with Crippen molar-refractivity contribution in [3.8, 4) is 0 Å². The Morgan fingerprint density at radius 1 is 1.00 bits per heavy atom. The highest BCUT2D eigenvalue weighted by Gasteiger charge is 2.11. The van der Waals surface area contributed by atoms with Gasteiger partial charge in [-0.1, -0.05) is 57.6 Å². The number of unbranched alkanes of at least 4 members (excludes halogenated alkanes) is 6. The zero-order valence-electron chi connectivity index (χ0n) is 17.5. The summed E-state index contributed by atoms with van der Waals surface area (Å²) in [5.74, 6) is 1.31. The second kappa shape index (κ2) is 11.4. The van der Waals surface area contributed by atoms with Gasteiger partial charge >= 0.3 is 0 Å². The van der Waals surface area contributed by atoms with Crippen molar-refractivity contribution in [3.05, 3.63) is 54.2 Å². The van der Waals surface area contributed by atoms with Gasteiger partial charge in [0.1, 0.15) is 5.82 Å². The monoisotopic (exact) mass is 395 g/mol. The maximum Gasteiger partial charge on any atom is 0.286 e. The number of rotatable bonds is 13. The lowest BCUT2D eigenvalue weighted by Gasteiger charge is -2.10. The molecule has 0 atom stereocenters. The summed E-state index contributed by atoms with van der Waals surface area (Å²) < 4.78 is 7.50. The molecule has 0 saturated heterocycles. The first-order chi connectivity index (χ1) is 14.3. The molecular formula is C24H33N3O2. The Morgan fingerprint density at radius 2 is 1.79 bits per heavy atom. The van der Waals surface area contributed by atoms with Crippen LogP contribution in [-0.2, 0) is 13.0 Å². The van der Waals surface area contributed by atoms with Crippen LogP contribution in [0.2, 0.25) is 0 Å². The van der Waals surface area contributed by atoms with Crippen LogP contribution in [0.5, 0.6) is 0 Å². The highest BCUT2D eigenvalue weighted by Crippen LogP contribution is 2.19. The number of amides is 1. The van der Waals surface area contributed by atoms with Gasteiger partial charge in [-0.2, -0.15) is 0 Å². The van der Waals surface area contributed by atoms with Crippen molar-refractivity contribution in [1.29, 1.82) is 0 Å². The number of fused-ring (bicyclic) bond motifs is 1. The Labute approximate surface area is 173 Å². The van der Waals surface area contributed by atoms with Gasteiger partial charge in [-0.15, -0.1) is 0 Å². The van der Waals surface area contributed by atoms with Crippen molar-refractivity contribution in [3.63, 3.8) is 0 Å². The standard InChI is InChI=1S/C24H33N3O2/c1-2-3-4-5-6-7-10-18-27-21-14-9-8-13-20(21)26-23(27)16-11-17-25-24(28)22-15-12-19-29-22/h8-9,12-15,19H,2-7,10-11,16-18H2,1H3,(H,25,28). The molecule has 3 aromatic rings. The van der Waals surface area contributed by atoms with E-state index in [1.807, 2.05) is 6.07 Å². The first kappa shape index (κ1) is 21.2. The molecule has 0 radical (unpaired) electrons. The van der Waals surface area contributed by atoms with Crippen molar-refractivity contribution in [1.82, 2.24) is 14.9 Å². The minimum Gasteiger partial charge on any atom is -0.459 e. The largest absolute Gasteiger partial charge is 0.459 e. The third-order valence-electron chi connectivity index (χ3n) is 5.33. The van der Waals surface area contributed by atoms with E-state index in [2.05, 4.69) is 35.0 Å². The maximum absolute atomic E-state index is 12.0. The first-order valence-electron chi connectivity index (χ1n) is 11.1. The number of nitrogens with one attached hydrogen (secondary N) is 1. The van der Waals surface area contributed by atoms with Crippen LogP contribution in [0.3, 0.4) is 0 Å². The lowest BCUT2D eigenvalue weighted by Crippen LogP contribution is -2.24. The third-order valence-corrected chi connectivity index (χ3v) is 5.33. The van der Waals surface area contributed by atoms with Crippen molar-refractivity contribution in [2.75, 3.05) is 6.54 Å². The van der Waals surface area contributed by atoms with Crippen molar-refractivity contribution in [2.24, 2.45) is 0 Å². The van der Waals surface area contributed by atoms with E-state index in [1.54, 1.807) is 12.1 Å². The summed E-state index contributed by atoms with van der Waals surface area (Å²) >= 11 is 0. The Morgan fingerprint density at radius 3 is 2.59 bits per heavy atom. The summed E-state index contributed by atoms with van der Waals surface area (Å²) in [5, 5.41) is 2.92. The highest BCUT2D eigenvalue weighted by molar-refractivity contribution is 5.91. The fourth-order valence-corrected chi connectivity index (χ4v) is 3.74. The van der Waals surface area contributed by atoms with Crippen LogP contribution in [0.25, 0.3) is 11.0 Å². The van der Waals surface area contributed by atoms with Crippen LogP contribution in [0.15, 0.2) is 47.1 Å². The Bertz CT molecular complexity index is 868. The first-order valence-corrected chi connectivity index (χ1v) is 11.1. The van der Waals surface area contributed by atoms with Crippen LogP contribution >= 0.6 is 0 Å². The van der Waals surface area contributed by atoms with Crippen molar-refractivity contribution in [2.45, 2.75) is 71.3 Å². The number of para-hydroxylation sites is 2. The van der Waals surface area contributed by atoms with Crippen LogP contribution in [0.1, 0.15) is 74.7 Å². The molecule has 0 fully saturated rings. The Hall–Kier alpha value is -2.56. The molecule has 1 N–H and O–H groups in total. The van der Waals surface area contributed by atoms with E-state index in [1.165, 1.54) is 56.7 Å². The highest BCUT2D eigenvalue weighted by atomic mass is 16.3. The van der Waals surface area contributed by atoms with E-state index in [0.29, 0.717) is 12.3 Å². The third kappa shape index (κ3) is 6.21. The molecule has 2 heterocycles. The maximum atomic E-state index is 12.0. The number of carbonyl (C=O) groups is 1. The van der Waals surface area contributed by atoms with Crippen molar-refractivity contribution >= 4 is 16.9 Å². The molecule has 5 nitrogen and oxygen atoms in total. The number of furan rings is 1. The predicted molar refractivity (Wildman–Crippen MR) is 117 cm³/mol. The molecular weight excluding hydrogens is 362 g/mol. The molecule has 2 aromatic heterocycles. The number of aromatic nitrogens is 2. The van der Waals surface area contributed by atoms with Gasteiger partial charge in [-0.25, -0.2) is 4.98 Å². The van der Waals surface area contributed by atoms with E-state index in [0.717, 1.165) is 30.7 Å². The number of hydrogen-bond donors (Lipinski definition) is 1. The topological polar surface area (TPSA) is 60.1 Å². The lowest BCUT2D eigenvalue weighted by atomic mass is 10.1. The number of hydrogen-bond acceptors (Lipinski definition) is 3. The number of imidazole rings is 1. The summed E-state index contributed by atoms with van der Waals surface area (Å²) in [6.45, 7) is 3.89. The molecule has 0 aliphatic heterocycles. The summed E-state index contributed by atoms with van der Waals surface area (Å²) in [6, 6.07) is 11.8. The molecule has 29 heavy (non-hydrogen) atoms. The Kier molecular flexibility index (Phi) is 8.35. The number of carbonyl (C=O) groups excluding carboxylic acids is 1.